The van der Waals surface area contributed by atoms with Crippen LogP contribution in [0.1, 0.15) is 26.7 Å². The third-order valence-electron chi connectivity index (χ3n) is 4.44. The van der Waals surface area contributed by atoms with Gasteiger partial charge in [0, 0.05) is 13.0 Å². The number of fused-ring (bicyclic) bond motifs is 2. The van der Waals surface area contributed by atoms with E-state index in [0.29, 0.717) is 17.3 Å². The number of rotatable bonds is 2. The Kier molecular flexibility index (Phi) is 2.16. The van der Waals surface area contributed by atoms with Gasteiger partial charge in [-0.2, -0.15) is 0 Å². The summed E-state index contributed by atoms with van der Waals surface area (Å²) in [7, 11) is 1.73. The van der Waals surface area contributed by atoms with Crippen molar-refractivity contribution >= 4 is 0 Å². The van der Waals surface area contributed by atoms with Crippen molar-refractivity contribution in [2.45, 2.75) is 32.8 Å². The second kappa shape index (κ2) is 2.96. The van der Waals surface area contributed by atoms with E-state index in [9.17, 15) is 5.11 Å². The molecule has 0 saturated heterocycles. The predicted molar refractivity (Wildman–Crippen MR) is 51.4 cm³/mol. The summed E-state index contributed by atoms with van der Waals surface area (Å²) in [5, 5.41) is 9.85. The lowest BCUT2D eigenvalue weighted by molar-refractivity contribution is -0.173. The molecule has 4 atom stereocenters. The van der Waals surface area contributed by atoms with Gasteiger partial charge >= 0.3 is 0 Å². The summed E-state index contributed by atoms with van der Waals surface area (Å²) < 4.78 is 5.18. The van der Waals surface area contributed by atoms with Gasteiger partial charge in [0.05, 0.1) is 12.7 Å². The van der Waals surface area contributed by atoms with Crippen LogP contribution < -0.4 is 0 Å². The van der Waals surface area contributed by atoms with E-state index in [0.717, 1.165) is 18.9 Å². The van der Waals surface area contributed by atoms with Crippen molar-refractivity contribution < 1.29 is 9.84 Å². The van der Waals surface area contributed by atoms with Crippen LogP contribution in [0.5, 0.6) is 0 Å². The van der Waals surface area contributed by atoms with Gasteiger partial charge < -0.3 is 9.84 Å². The Morgan fingerprint density at radius 2 is 2.08 bits per heavy atom. The Balaban J connectivity index is 2.08. The lowest BCUT2D eigenvalue weighted by Crippen LogP contribution is -2.58. The number of aliphatic hydroxyl groups excluding tert-OH is 1. The van der Waals surface area contributed by atoms with E-state index in [1.807, 2.05) is 0 Å². The molecular weight excluding hydrogens is 164 g/mol. The van der Waals surface area contributed by atoms with Crippen molar-refractivity contribution in [1.29, 1.82) is 0 Å². The van der Waals surface area contributed by atoms with Crippen molar-refractivity contribution in [2.24, 2.45) is 23.2 Å². The van der Waals surface area contributed by atoms with E-state index >= 15 is 0 Å². The Labute approximate surface area is 80.3 Å². The summed E-state index contributed by atoms with van der Waals surface area (Å²) in [5.41, 5.74) is 0.447. The second-order valence-electron chi connectivity index (χ2n) is 5.28. The van der Waals surface area contributed by atoms with Gasteiger partial charge in [-0.3, -0.25) is 0 Å². The predicted octanol–water partition coefficient (Wildman–Crippen LogP) is 1.68. The van der Waals surface area contributed by atoms with E-state index < -0.39 is 0 Å². The molecule has 1 N–H and O–H groups in total. The Hall–Kier alpha value is -0.0800. The number of hydrogen-bond donors (Lipinski definition) is 1. The van der Waals surface area contributed by atoms with Crippen LogP contribution in [-0.2, 0) is 4.74 Å². The fourth-order valence-corrected chi connectivity index (χ4v) is 3.34. The molecule has 3 rings (SSSR count). The zero-order valence-electron chi connectivity index (χ0n) is 8.79. The molecule has 0 aliphatic heterocycles. The standard InChI is InChI=1S/C11H20O2/c1-11(2)7-4-9(11)8(6-13-3)10(12)5-7/h7-10,12H,4-6H2,1-3H3/t7-,8+,9+,10+/m1/s1. The maximum atomic E-state index is 9.85. The number of ether oxygens (including phenoxy) is 1. The topological polar surface area (TPSA) is 29.5 Å². The number of aliphatic hydroxyl groups is 1. The zero-order valence-corrected chi connectivity index (χ0v) is 8.79. The molecule has 0 amide bonds. The molecule has 2 nitrogen and oxygen atoms in total. The van der Waals surface area contributed by atoms with Crippen LogP contribution in [-0.4, -0.2) is 24.9 Å². The van der Waals surface area contributed by atoms with E-state index in [-0.39, 0.29) is 6.10 Å². The molecule has 13 heavy (non-hydrogen) atoms. The SMILES string of the molecule is COC[C@@H]1[C@@H](O)C[C@H]2C[C@@H]1C2(C)C. The van der Waals surface area contributed by atoms with Crippen molar-refractivity contribution in [3.8, 4) is 0 Å². The van der Waals surface area contributed by atoms with Gasteiger partial charge in [-0.1, -0.05) is 13.8 Å². The highest BCUT2D eigenvalue weighted by Gasteiger charge is 2.57. The van der Waals surface area contributed by atoms with Crippen LogP contribution in [0.15, 0.2) is 0 Å². The quantitative estimate of drug-likeness (QED) is 0.707. The fraction of sp³-hybridized carbons (Fsp3) is 1.00. The maximum Gasteiger partial charge on any atom is 0.0596 e. The van der Waals surface area contributed by atoms with Gasteiger partial charge in [-0.25, -0.2) is 0 Å². The summed E-state index contributed by atoms with van der Waals surface area (Å²) in [6, 6.07) is 0. The van der Waals surface area contributed by atoms with Crippen LogP contribution in [0.25, 0.3) is 0 Å². The van der Waals surface area contributed by atoms with Crippen LogP contribution in [0.4, 0.5) is 0 Å². The molecule has 3 aliphatic carbocycles. The maximum absolute atomic E-state index is 9.85. The lowest BCUT2D eigenvalue weighted by Gasteiger charge is -2.61. The highest BCUT2D eigenvalue weighted by Crippen LogP contribution is 2.61. The average Bonchev–Trinajstić information content (AvgIpc) is 2.08. The first-order valence-electron chi connectivity index (χ1n) is 5.24. The highest BCUT2D eigenvalue weighted by molar-refractivity contribution is 5.06. The third kappa shape index (κ3) is 1.23. The Morgan fingerprint density at radius 1 is 1.38 bits per heavy atom. The smallest absolute Gasteiger partial charge is 0.0596 e. The van der Waals surface area contributed by atoms with Gasteiger partial charge in [0.2, 0.25) is 0 Å². The summed E-state index contributed by atoms with van der Waals surface area (Å²) in [6.07, 6.45) is 2.17. The first-order valence-corrected chi connectivity index (χ1v) is 5.24. The molecule has 76 valence electrons. The summed E-state index contributed by atoms with van der Waals surface area (Å²) in [6.45, 7) is 5.39. The fourth-order valence-electron chi connectivity index (χ4n) is 3.34. The summed E-state index contributed by atoms with van der Waals surface area (Å²) in [4.78, 5) is 0. The summed E-state index contributed by atoms with van der Waals surface area (Å²) in [5.74, 6) is 1.81. The number of hydrogen-bond acceptors (Lipinski definition) is 2. The molecule has 0 aromatic heterocycles. The van der Waals surface area contributed by atoms with E-state index in [1.54, 1.807) is 7.11 Å². The molecular formula is C11H20O2. The minimum Gasteiger partial charge on any atom is -0.393 e. The molecule has 3 aliphatic rings. The molecule has 3 saturated carbocycles. The molecule has 0 spiro atoms. The molecule has 2 bridgehead atoms. The van der Waals surface area contributed by atoms with Crippen LogP contribution >= 0.6 is 0 Å². The Morgan fingerprint density at radius 3 is 2.62 bits per heavy atom. The average molecular weight is 184 g/mol. The highest BCUT2D eigenvalue weighted by atomic mass is 16.5. The Bertz CT molecular complexity index is 200. The largest absolute Gasteiger partial charge is 0.393 e. The van der Waals surface area contributed by atoms with E-state index in [4.69, 9.17) is 4.74 Å². The first kappa shape index (κ1) is 9.47. The number of methoxy groups -OCH3 is 1. The lowest BCUT2D eigenvalue weighted by atomic mass is 9.45. The van der Waals surface area contributed by atoms with E-state index in [1.165, 1.54) is 6.42 Å². The third-order valence-corrected chi connectivity index (χ3v) is 4.44. The van der Waals surface area contributed by atoms with Gasteiger partial charge in [-0.05, 0) is 30.1 Å². The normalized spacial score (nSPS) is 47.1. The van der Waals surface area contributed by atoms with E-state index in [2.05, 4.69) is 13.8 Å². The van der Waals surface area contributed by atoms with Gasteiger partial charge in [0.25, 0.3) is 0 Å². The van der Waals surface area contributed by atoms with Gasteiger partial charge in [-0.15, -0.1) is 0 Å². The van der Waals surface area contributed by atoms with Gasteiger partial charge in [0.1, 0.15) is 0 Å². The zero-order chi connectivity index (χ0) is 9.64. The molecule has 3 fully saturated rings. The second-order valence-corrected chi connectivity index (χ2v) is 5.28. The van der Waals surface area contributed by atoms with Crippen LogP contribution in [0.3, 0.4) is 0 Å². The molecule has 0 radical (unpaired) electrons. The molecule has 0 heterocycles. The van der Waals surface area contributed by atoms with Crippen molar-refractivity contribution in [3.05, 3.63) is 0 Å². The molecule has 2 heteroatoms. The van der Waals surface area contributed by atoms with Gasteiger partial charge in [0.15, 0.2) is 0 Å². The first-order chi connectivity index (χ1) is 6.07. The monoisotopic (exact) mass is 184 g/mol. The van der Waals surface area contributed by atoms with Crippen molar-refractivity contribution in [3.63, 3.8) is 0 Å². The summed E-state index contributed by atoms with van der Waals surface area (Å²) >= 11 is 0. The van der Waals surface area contributed by atoms with Crippen molar-refractivity contribution in [2.75, 3.05) is 13.7 Å². The van der Waals surface area contributed by atoms with Crippen LogP contribution in [0.2, 0.25) is 0 Å². The minimum atomic E-state index is -0.114. The molecule has 0 unspecified atom stereocenters. The molecule has 0 aromatic rings. The molecule has 0 aromatic carbocycles. The van der Waals surface area contributed by atoms with Crippen LogP contribution in [0, 0.1) is 23.2 Å². The van der Waals surface area contributed by atoms with Crippen molar-refractivity contribution in [1.82, 2.24) is 0 Å². The minimum absolute atomic E-state index is 0.114.